The lowest BCUT2D eigenvalue weighted by atomic mass is 9.94. The van der Waals surface area contributed by atoms with E-state index in [1.54, 1.807) is 6.20 Å². The molecule has 0 saturated carbocycles. The smallest absolute Gasteiger partial charge is 0.254 e. The highest BCUT2D eigenvalue weighted by Gasteiger charge is 2.12. The van der Waals surface area contributed by atoms with Gasteiger partial charge in [-0.15, -0.1) is 0 Å². The zero-order chi connectivity index (χ0) is 10.5. The topological polar surface area (TPSA) is 57.8 Å². The maximum Gasteiger partial charge on any atom is 0.254 e. The first-order valence-electron chi connectivity index (χ1n) is 5.28. The van der Waals surface area contributed by atoms with Crippen molar-refractivity contribution in [2.45, 2.75) is 19.3 Å². The van der Waals surface area contributed by atoms with Gasteiger partial charge in [0.15, 0.2) is 0 Å². The maximum absolute atomic E-state index is 11.6. The molecule has 0 saturated heterocycles. The van der Waals surface area contributed by atoms with E-state index < -0.39 is 0 Å². The number of aromatic nitrogens is 2. The monoisotopic (exact) mass is 205 g/mol. The average molecular weight is 205 g/mol. The van der Waals surface area contributed by atoms with Crippen molar-refractivity contribution in [3.8, 4) is 0 Å². The Morgan fingerprint density at radius 1 is 1.60 bits per heavy atom. The van der Waals surface area contributed by atoms with E-state index in [0.717, 1.165) is 19.4 Å². The van der Waals surface area contributed by atoms with Gasteiger partial charge in [-0.2, -0.15) is 5.10 Å². The number of carbonyl (C=O) groups is 1. The normalized spacial score (nSPS) is 20.1. The average Bonchev–Trinajstić information content (AvgIpc) is 2.81. The molecule has 15 heavy (non-hydrogen) atoms. The van der Waals surface area contributed by atoms with Crippen molar-refractivity contribution in [1.82, 2.24) is 15.5 Å². The summed E-state index contributed by atoms with van der Waals surface area (Å²) in [7, 11) is 0. The number of nitrogens with one attached hydrogen (secondary N) is 2. The number of carbonyl (C=O) groups excluding carboxylic acids is 1. The number of H-pyrrole nitrogens is 1. The fraction of sp³-hybridized carbons (Fsp3) is 0.455. The molecule has 1 amide bonds. The summed E-state index contributed by atoms with van der Waals surface area (Å²) in [5.41, 5.74) is 0.598. The molecule has 1 aliphatic rings. The van der Waals surface area contributed by atoms with Gasteiger partial charge in [-0.1, -0.05) is 12.2 Å². The van der Waals surface area contributed by atoms with E-state index in [0.29, 0.717) is 11.5 Å². The third-order valence-electron chi connectivity index (χ3n) is 2.69. The molecule has 0 bridgehead atoms. The fourth-order valence-electron chi connectivity index (χ4n) is 1.76. The minimum Gasteiger partial charge on any atom is -0.352 e. The first kappa shape index (κ1) is 9.96. The van der Waals surface area contributed by atoms with E-state index in [1.165, 1.54) is 12.6 Å². The molecular weight excluding hydrogens is 190 g/mol. The van der Waals surface area contributed by atoms with Crippen molar-refractivity contribution < 1.29 is 4.79 Å². The zero-order valence-electron chi connectivity index (χ0n) is 8.57. The number of hydrogen-bond donors (Lipinski definition) is 2. The molecule has 2 rings (SSSR count). The van der Waals surface area contributed by atoms with Crippen LogP contribution in [0.3, 0.4) is 0 Å². The van der Waals surface area contributed by atoms with Gasteiger partial charge < -0.3 is 5.32 Å². The predicted octanol–water partition coefficient (Wildman–Crippen LogP) is 1.50. The third-order valence-corrected chi connectivity index (χ3v) is 2.69. The van der Waals surface area contributed by atoms with Crippen LogP contribution < -0.4 is 5.32 Å². The highest BCUT2D eigenvalue weighted by Crippen LogP contribution is 2.16. The molecule has 0 spiro atoms. The minimum absolute atomic E-state index is 0.0432. The molecule has 1 aliphatic carbocycles. The van der Waals surface area contributed by atoms with Crippen LogP contribution in [0.2, 0.25) is 0 Å². The van der Waals surface area contributed by atoms with Crippen molar-refractivity contribution in [2.24, 2.45) is 5.92 Å². The molecule has 80 valence electrons. The lowest BCUT2D eigenvalue weighted by molar-refractivity contribution is 0.0946. The summed E-state index contributed by atoms with van der Waals surface area (Å²) in [5.74, 6) is 0.546. The van der Waals surface area contributed by atoms with Crippen LogP contribution in [0.5, 0.6) is 0 Å². The van der Waals surface area contributed by atoms with Gasteiger partial charge in [0, 0.05) is 12.7 Å². The van der Waals surface area contributed by atoms with Gasteiger partial charge >= 0.3 is 0 Å². The van der Waals surface area contributed by atoms with Gasteiger partial charge in [-0.3, -0.25) is 9.89 Å². The van der Waals surface area contributed by atoms with Crippen LogP contribution in [0.15, 0.2) is 24.5 Å². The number of allylic oxidation sites excluding steroid dienone is 2. The van der Waals surface area contributed by atoms with Crippen LogP contribution in [-0.2, 0) is 0 Å². The lowest BCUT2D eigenvalue weighted by Crippen LogP contribution is -2.29. The van der Waals surface area contributed by atoms with Gasteiger partial charge in [-0.05, 0) is 25.2 Å². The minimum atomic E-state index is -0.0432. The summed E-state index contributed by atoms with van der Waals surface area (Å²) in [6.07, 6.45) is 10.9. The van der Waals surface area contributed by atoms with Gasteiger partial charge in [0.25, 0.3) is 5.91 Å². The van der Waals surface area contributed by atoms with E-state index >= 15 is 0 Å². The summed E-state index contributed by atoms with van der Waals surface area (Å²) in [5, 5.41) is 9.29. The molecular formula is C11H15N3O. The molecule has 1 aromatic rings. The number of nitrogens with zero attached hydrogens (tertiary/aromatic N) is 1. The second-order valence-corrected chi connectivity index (χ2v) is 3.85. The highest BCUT2D eigenvalue weighted by atomic mass is 16.1. The second-order valence-electron chi connectivity index (χ2n) is 3.85. The van der Waals surface area contributed by atoms with Crippen LogP contribution >= 0.6 is 0 Å². The number of hydrogen-bond acceptors (Lipinski definition) is 2. The van der Waals surface area contributed by atoms with Crippen molar-refractivity contribution in [2.75, 3.05) is 6.54 Å². The molecule has 4 heteroatoms. The van der Waals surface area contributed by atoms with Crippen LogP contribution in [0.1, 0.15) is 29.6 Å². The SMILES string of the molecule is O=C(NCC1CC=CCC1)c1cn[nH]c1. The second kappa shape index (κ2) is 4.77. The number of aromatic amines is 1. The Labute approximate surface area is 88.8 Å². The molecule has 1 atom stereocenters. The van der Waals surface area contributed by atoms with Crippen molar-refractivity contribution in [3.63, 3.8) is 0 Å². The Hall–Kier alpha value is -1.58. The van der Waals surface area contributed by atoms with Crippen molar-refractivity contribution in [1.29, 1.82) is 0 Å². The van der Waals surface area contributed by atoms with Gasteiger partial charge in [0.1, 0.15) is 0 Å². The van der Waals surface area contributed by atoms with E-state index in [9.17, 15) is 4.79 Å². The first-order chi connectivity index (χ1) is 7.36. The van der Waals surface area contributed by atoms with Crippen LogP contribution in [-0.4, -0.2) is 22.6 Å². The molecule has 1 heterocycles. The predicted molar refractivity (Wildman–Crippen MR) is 57.4 cm³/mol. The number of amides is 1. The molecule has 4 nitrogen and oxygen atoms in total. The van der Waals surface area contributed by atoms with Gasteiger partial charge in [0.05, 0.1) is 11.8 Å². The number of rotatable bonds is 3. The zero-order valence-corrected chi connectivity index (χ0v) is 8.57. The van der Waals surface area contributed by atoms with Crippen LogP contribution in [0.4, 0.5) is 0 Å². The van der Waals surface area contributed by atoms with E-state index in [4.69, 9.17) is 0 Å². The summed E-state index contributed by atoms with van der Waals surface area (Å²) in [4.78, 5) is 11.6. The van der Waals surface area contributed by atoms with Crippen molar-refractivity contribution in [3.05, 3.63) is 30.1 Å². The van der Waals surface area contributed by atoms with Gasteiger partial charge in [-0.25, -0.2) is 0 Å². The Bertz CT molecular complexity index is 343. The molecule has 0 aromatic carbocycles. The van der Waals surface area contributed by atoms with Crippen LogP contribution in [0, 0.1) is 5.92 Å². The Morgan fingerprint density at radius 3 is 3.20 bits per heavy atom. The van der Waals surface area contributed by atoms with E-state index in [2.05, 4.69) is 27.7 Å². The summed E-state index contributed by atoms with van der Waals surface area (Å²) >= 11 is 0. The molecule has 1 unspecified atom stereocenters. The fourth-order valence-corrected chi connectivity index (χ4v) is 1.76. The Kier molecular flexibility index (Phi) is 3.17. The molecule has 0 fully saturated rings. The Balaban J connectivity index is 1.78. The highest BCUT2D eigenvalue weighted by molar-refractivity contribution is 5.93. The standard InChI is InChI=1S/C11H15N3O/c15-11(10-7-13-14-8-10)12-6-9-4-2-1-3-5-9/h1-2,7-9H,3-6H2,(H,12,15)(H,13,14). The largest absolute Gasteiger partial charge is 0.352 e. The van der Waals surface area contributed by atoms with E-state index in [-0.39, 0.29) is 5.91 Å². The van der Waals surface area contributed by atoms with Crippen molar-refractivity contribution >= 4 is 5.91 Å². The maximum atomic E-state index is 11.6. The lowest BCUT2D eigenvalue weighted by Gasteiger charge is -2.17. The third kappa shape index (κ3) is 2.68. The van der Waals surface area contributed by atoms with E-state index in [1.807, 2.05) is 0 Å². The first-order valence-corrected chi connectivity index (χ1v) is 5.28. The summed E-state index contributed by atoms with van der Waals surface area (Å²) in [6, 6.07) is 0. The van der Waals surface area contributed by atoms with Crippen LogP contribution in [0.25, 0.3) is 0 Å². The quantitative estimate of drug-likeness (QED) is 0.734. The summed E-state index contributed by atoms with van der Waals surface area (Å²) in [6.45, 7) is 0.758. The summed E-state index contributed by atoms with van der Waals surface area (Å²) < 4.78 is 0. The molecule has 0 aliphatic heterocycles. The molecule has 0 radical (unpaired) electrons. The molecule has 2 N–H and O–H groups in total. The Morgan fingerprint density at radius 2 is 2.53 bits per heavy atom. The van der Waals surface area contributed by atoms with Gasteiger partial charge in [0.2, 0.25) is 0 Å². The molecule has 1 aromatic heterocycles.